The van der Waals surface area contributed by atoms with Crippen LogP contribution < -0.4 is 5.73 Å². The highest BCUT2D eigenvalue weighted by Crippen LogP contribution is 2.31. The monoisotopic (exact) mass is 285 g/mol. The molecule has 3 aromatic rings. The summed E-state index contributed by atoms with van der Waals surface area (Å²) in [6.45, 7) is 4.08. The second-order valence-electron chi connectivity index (χ2n) is 5.17. The van der Waals surface area contributed by atoms with Crippen LogP contribution in [0.5, 0.6) is 0 Å². The Morgan fingerprint density at radius 1 is 1.15 bits per heavy atom. The molecule has 1 heterocycles. The first-order valence-electron chi connectivity index (χ1n) is 6.46. The van der Waals surface area contributed by atoms with Crippen LogP contribution in [0.2, 0.25) is 5.02 Å². The normalized spacial score (nSPS) is 11.2. The van der Waals surface area contributed by atoms with Gasteiger partial charge < -0.3 is 10.3 Å². The molecule has 0 saturated carbocycles. The van der Waals surface area contributed by atoms with E-state index in [1.54, 1.807) is 0 Å². The molecule has 0 saturated heterocycles. The molecule has 4 heteroatoms. The van der Waals surface area contributed by atoms with Crippen LogP contribution in [0.25, 0.3) is 22.4 Å². The first kappa shape index (κ1) is 13.0. The number of hydrogen-bond acceptors (Lipinski definition) is 2. The van der Waals surface area contributed by atoms with Gasteiger partial charge in [-0.1, -0.05) is 17.7 Å². The maximum Gasteiger partial charge on any atom is 0.142 e. The number of fused-ring (bicyclic) bond motifs is 1. The molecule has 3 rings (SSSR count). The van der Waals surface area contributed by atoms with E-state index < -0.39 is 0 Å². The number of nitrogens with zero attached hydrogens (tertiary/aromatic N) is 2. The summed E-state index contributed by atoms with van der Waals surface area (Å²) in [5, 5.41) is 0.709. The van der Waals surface area contributed by atoms with Crippen LogP contribution in [0.4, 0.5) is 5.69 Å². The fraction of sp³-hybridized carbons (Fsp3) is 0.188. The highest BCUT2D eigenvalue weighted by molar-refractivity contribution is 6.31. The van der Waals surface area contributed by atoms with Crippen molar-refractivity contribution in [3.8, 4) is 11.4 Å². The number of anilines is 1. The topological polar surface area (TPSA) is 43.8 Å². The average molecular weight is 286 g/mol. The van der Waals surface area contributed by atoms with Gasteiger partial charge in [0, 0.05) is 23.3 Å². The van der Waals surface area contributed by atoms with Crippen molar-refractivity contribution in [2.75, 3.05) is 5.73 Å². The number of benzene rings is 2. The van der Waals surface area contributed by atoms with E-state index in [-0.39, 0.29) is 0 Å². The average Bonchev–Trinajstić information content (AvgIpc) is 2.71. The summed E-state index contributed by atoms with van der Waals surface area (Å²) in [5.41, 5.74) is 12.2. The van der Waals surface area contributed by atoms with E-state index >= 15 is 0 Å². The molecule has 102 valence electrons. The molecule has 3 nitrogen and oxygen atoms in total. The molecule has 0 radical (unpaired) electrons. The summed E-state index contributed by atoms with van der Waals surface area (Å²) in [6, 6.07) is 9.86. The van der Waals surface area contributed by atoms with Crippen LogP contribution in [0, 0.1) is 13.8 Å². The molecule has 0 spiro atoms. The van der Waals surface area contributed by atoms with E-state index in [0.717, 1.165) is 33.7 Å². The van der Waals surface area contributed by atoms with Crippen molar-refractivity contribution in [1.29, 1.82) is 0 Å². The summed E-state index contributed by atoms with van der Waals surface area (Å²) < 4.78 is 2.03. The van der Waals surface area contributed by atoms with Crippen LogP contribution in [0.1, 0.15) is 11.1 Å². The van der Waals surface area contributed by atoms with Crippen molar-refractivity contribution in [3.63, 3.8) is 0 Å². The molecule has 0 atom stereocenters. The number of nitrogens with two attached hydrogens (primary N) is 1. The Kier molecular flexibility index (Phi) is 2.94. The minimum Gasteiger partial charge on any atom is -0.398 e. The fourth-order valence-corrected chi connectivity index (χ4v) is 2.73. The highest BCUT2D eigenvalue weighted by atomic mass is 35.5. The van der Waals surface area contributed by atoms with Gasteiger partial charge in [0.05, 0.1) is 11.0 Å². The standard InChI is InChI=1S/C16H16ClN3/c1-9-6-10(2)15(18)12(7-9)16-19-13-5-4-11(17)8-14(13)20(16)3/h4-8H,18H2,1-3H3. The molecule has 0 aliphatic rings. The lowest BCUT2D eigenvalue weighted by molar-refractivity contribution is 0.959. The Balaban J connectivity index is 2.33. The van der Waals surface area contributed by atoms with E-state index in [4.69, 9.17) is 22.3 Å². The van der Waals surface area contributed by atoms with E-state index in [1.165, 1.54) is 5.56 Å². The fourth-order valence-electron chi connectivity index (χ4n) is 2.57. The smallest absolute Gasteiger partial charge is 0.142 e. The lowest BCUT2D eigenvalue weighted by Gasteiger charge is -2.10. The maximum absolute atomic E-state index is 6.22. The lowest BCUT2D eigenvalue weighted by Crippen LogP contribution is -1.99. The van der Waals surface area contributed by atoms with Gasteiger partial charge in [-0.25, -0.2) is 4.98 Å². The van der Waals surface area contributed by atoms with Crippen LogP contribution in [-0.4, -0.2) is 9.55 Å². The molecule has 0 bridgehead atoms. The second kappa shape index (κ2) is 4.53. The number of nitrogen functional groups attached to an aromatic ring is 1. The highest BCUT2D eigenvalue weighted by Gasteiger charge is 2.14. The SMILES string of the molecule is Cc1cc(C)c(N)c(-c2nc3ccc(Cl)cc3n2C)c1. The predicted octanol–water partition coefficient (Wildman–Crippen LogP) is 4.09. The molecule has 0 aliphatic heterocycles. The third-order valence-corrected chi connectivity index (χ3v) is 3.85. The number of hydrogen-bond donors (Lipinski definition) is 1. The summed E-state index contributed by atoms with van der Waals surface area (Å²) >= 11 is 6.06. The van der Waals surface area contributed by atoms with Crippen LogP contribution in [0.3, 0.4) is 0 Å². The molecular weight excluding hydrogens is 270 g/mol. The van der Waals surface area contributed by atoms with Crippen LogP contribution in [0.15, 0.2) is 30.3 Å². The Hall–Kier alpha value is -2.00. The second-order valence-corrected chi connectivity index (χ2v) is 5.61. The summed E-state index contributed by atoms with van der Waals surface area (Å²) in [4.78, 5) is 4.69. The zero-order valence-electron chi connectivity index (χ0n) is 11.7. The first-order valence-corrected chi connectivity index (χ1v) is 6.84. The molecule has 0 fully saturated rings. The van der Waals surface area contributed by atoms with Crippen molar-refractivity contribution in [2.24, 2.45) is 7.05 Å². The van der Waals surface area contributed by atoms with Crippen molar-refractivity contribution in [1.82, 2.24) is 9.55 Å². The molecule has 1 aromatic heterocycles. The van der Waals surface area contributed by atoms with Gasteiger partial charge in [-0.2, -0.15) is 0 Å². The Labute approximate surface area is 123 Å². The maximum atomic E-state index is 6.22. The molecular formula is C16H16ClN3. The molecule has 0 unspecified atom stereocenters. The predicted molar refractivity (Wildman–Crippen MR) is 85.0 cm³/mol. The third-order valence-electron chi connectivity index (χ3n) is 3.61. The Bertz CT molecular complexity index is 818. The number of halogens is 1. The Morgan fingerprint density at radius 2 is 1.90 bits per heavy atom. The summed E-state index contributed by atoms with van der Waals surface area (Å²) in [7, 11) is 1.98. The van der Waals surface area contributed by atoms with Crippen molar-refractivity contribution in [3.05, 3.63) is 46.5 Å². The largest absolute Gasteiger partial charge is 0.398 e. The van der Waals surface area contributed by atoms with Gasteiger partial charge in [0.2, 0.25) is 0 Å². The molecule has 2 N–H and O–H groups in total. The van der Waals surface area contributed by atoms with E-state index in [9.17, 15) is 0 Å². The van der Waals surface area contributed by atoms with Gasteiger partial charge in [0.25, 0.3) is 0 Å². The minimum absolute atomic E-state index is 0.709. The van der Waals surface area contributed by atoms with Gasteiger partial charge in [0.15, 0.2) is 0 Å². The van der Waals surface area contributed by atoms with Crippen molar-refractivity contribution in [2.45, 2.75) is 13.8 Å². The zero-order valence-corrected chi connectivity index (χ0v) is 12.5. The molecule has 2 aromatic carbocycles. The van der Waals surface area contributed by atoms with Gasteiger partial charge in [-0.05, 0) is 49.2 Å². The van der Waals surface area contributed by atoms with E-state index in [2.05, 4.69) is 19.1 Å². The van der Waals surface area contributed by atoms with Crippen molar-refractivity contribution >= 4 is 28.3 Å². The number of aromatic nitrogens is 2. The third kappa shape index (κ3) is 1.95. The number of aryl methyl sites for hydroxylation is 3. The quantitative estimate of drug-likeness (QED) is 0.684. The van der Waals surface area contributed by atoms with Gasteiger partial charge in [-0.3, -0.25) is 0 Å². The van der Waals surface area contributed by atoms with Crippen LogP contribution in [-0.2, 0) is 7.05 Å². The first-order chi connectivity index (χ1) is 9.47. The van der Waals surface area contributed by atoms with E-state index in [1.807, 2.05) is 36.7 Å². The lowest BCUT2D eigenvalue weighted by atomic mass is 10.0. The number of imidazole rings is 1. The minimum atomic E-state index is 0.709. The zero-order chi connectivity index (χ0) is 14.4. The molecule has 20 heavy (non-hydrogen) atoms. The van der Waals surface area contributed by atoms with Gasteiger partial charge >= 0.3 is 0 Å². The van der Waals surface area contributed by atoms with E-state index in [0.29, 0.717) is 5.02 Å². The summed E-state index contributed by atoms with van der Waals surface area (Å²) in [6.07, 6.45) is 0. The molecule has 0 amide bonds. The van der Waals surface area contributed by atoms with Gasteiger partial charge in [0.1, 0.15) is 5.82 Å². The van der Waals surface area contributed by atoms with Gasteiger partial charge in [-0.15, -0.1) is 0 Å². The Morgan fingerprint density at radius 3 is 2.65 bits per heavy atom. The van der Waals surface area contributed by atoms with Crippen molar-refractivity contribution < 1.29 is 0 Å². The summed E-state index contributed by atoms with van der Waals surface area (Å²) in [5.74, 6) is 0.867. The number of rotatable bonds is 1. The molecule has 0 aliphatic carbocycles. The van der Waals surface area contributed by atoms with Crippen LogP contribution >= 0.6 is 11.6 Å².